The number of benzene rings is 2. The highest BCUT2D eigenvalue weighted by Gasteiger charge is 2.11. The van der Waals surface area contributed by atoms with Crippen LogP contribution in [0.3, 0.4) is 0 Å². The minimum atomic E-state index is -0.340. The summed E-state index contributed by atoms with van der Waals surface area (Å²) in [5.74, 6) is 0.919. The quantitative estimate of drug-likeness (QED) is 0.424. The highest BCUT2D eigenvalue weighted by atomic mass is 79.9. The number of halogens is 1. The first-order valence-electron chi connectivity index (χ1n) is 9.09. The molecule has 1 aromatic heterocycles. The number of anilines is 5. The maximum Gasteiger partial charge on any atom is 0.338 e. The molecule has 0 spiro atoms. The maximum absolute atomic E-state index is 12.0. The second-order valence-electron chi connectivity index (χ2n) is 6.81. The van der Waals surface area contributed by atoms with Crippen LogP contribution in [0, 0.1) is 5.92 Å². The molecule has 0 saturated heterocycles. The average Bonchev–Trinajstić information content (AvgIpc) is 2.71. The summed E-state index contributed by atoms with van der Waals surface area (Å²) in [5, 5.41) is 6.32. The van der Waals surface area contributed by atoms with E-state index < -0.39 is 0 Å². The van der Waals surface area contributed by atoms with E-state index in [4.69, 9.17) is 10.5 Å². The Labute approximate surface area is 177 Å². The van der Waals surface area contributed by atoms with Gasteiger partial charge in [-0.3, -0.25) is 0 Å². The normalized spacial score (nSPS) is 10.6. The van der Waals surface area contributed by atoms with Crippen molar-refractivity contribution < 1.29 is 9.53 Å². The van der Waals surface area contributed by atoms with Crippen molar-refractivity contribution in [3.8, 4) is 0 Å². The Morgan fingerprint density at radius 2 is 1.52 bits per heavy atom. The molecule has 8 heteroatoms. The van der Waals surface area contributed by atoms with Gasteiger partial charge < -0.3 is 21.1 Å². The second kappa shape index (κ2) is 9.38. The molecule has 3 rings (SSSR count). The zero-order chi connectivity index (χ0) is 20.8. The number of aromatic nitrogens is 2. The van der Waals surface area contributed by atoms with Crippen LogP contribution in [0.2, 0.25) is 0 Å². The molecule has 7 nitrogen and oxygen atoms in total. The lowest BCUT2D eigenvalue weighted by Crippen LogP contribution is -2.10. The molecule has 29 heavy (non-hydrogen) atoms. The minimum absolute atomic E-state index is 0.292. The smallest absolute Gasteiger partial charge is 0.338 e. The molecule has 3 aromatic rings. The number of nitrogen functional groups attached to an aromatic ring is 1. The first-order valence-corrected chi connectivity index (χ1v) is 9.89. The lowest BCUT2D eigenvalue weighted by molar-refractivity contribution is 0.0459. The first-order chi connectivity index (χ1) is 13.9. The van der Waals surface area contributed by atoms with E-state index in [2.05, 4.69) is 36.5 Å². The number of carbonyl (C=O) groups is 1. The van der Waals surface area contributed by atoms with Gasteiger partial charge in [0.05, 0.1) is 12.2 Å². The third kappa shape index (κ3) is 5.68. The molecule has 0 bridgehead atoms. The third-order valence-corrected chi connectivity index (χ3v) is 4.45. The molecule has 4 N–H and O–H groups in total. The highest BCUT2D eigenvalue weighted by Crippen LogP contribution is 2.28. The van der Waals surface area contributed by atoms with E-state index in [1.165, 1.54) is 6.33 Å². The van der Waals surface area contributed by atoms with Gasteiger partial charge >= 0.3 is 5.97 Å². The van der Waals surface area contributed by atoms with Crippen molar-refractivity contribution in [1.82, 2.24) is 9.97 Å². The zero-order valence-electron chi connectivity index (χ0n) is 16.1. The van der Waals surface area contributed by atoms with Crippen molar-refractivity contribution in [2.45, 2.75) is 13.8 Å². The third-order valence-electron chi connectivity index (χ3n) is 3.92. The molecule has 0 amide bonds. The largest absolute Gasteiger partial charge is 0.462 e. The van der Waals surface area contributed by atoms with Crippen molar-refractivity contribution >= 4 is 50.6 Å². The predicted molar refractivity (Wildman–Crippen MR) is 119 cm³/mol. The van der Waals surface area contributed by atoms with Crippen LogP contribution in [-0.2, 0) is 4.74 Å². The van der Waals surface area contributed by atoms with Crippen LogP contribution >= 0.6 is 15.9 Å². The molecule has 0 aliphatic carbocycles. The number of hydrogen-bond acceptors (Lipinski definition) is 7. The van der Waals surface area contributed by atoms with Gasteiger partial charge in [-0.1, -0.05) is 29.8 Å². The maximum atomic E-state index is 12.0. The van der Waals surface area contributed by atoms with E-state index in [0.29, 0.717) is 35.4 Å². The Morgan fingerprint density at radius 3 is 2.03 bits per heavy atom. The highest BCUT2D eigenvalue weighted by molar-refractivity contribution is 9.10. The van der Waals surface area contributed by atoms with E-state index in [1.54, 1.807) is 24.3 Å². The van der Waals surface area contributed by atoms with Crippen molar-refractivity contribution in [2.75, 3.05) is 23.0 Å². The van der Waals surface area contributed by atoms with Crippen molar-refractivity contribution in [1.29, 1.82) is 0 Å². The van der Waals surface area contributed by atoms with Crippen molar-refractivity contribution in [3.05, 3.63) is 64.9 Å². The summed E-state index contributed by atoms with van der Waals surface area (Å²) >= 11 is 3.41. The molecule has 0 saturated carbocycles. The van der Waals surface area contributed by atoms with Gasteiger partial charge in [0, 0.05) is 15.8 Å². The van der Waals surface area contributed by atoms with E-state index in [-0.39, 0.29) is 5.97 Å². The van der Waals surface area contributed by atoms with Crippen LogP contribution < -0.4 is 16.4 Å². The number of nitrogens with one attached hydrogen (secondary N) is 2. The van der Waals surface area contributed by atoms with Gasteiger partial charge in [-0.15, -0.1) is 0 Å². The Bertz CT molecular complexity index is 975. The van der Waals surface area contributed by atoms with Crippen LogP contribution in [0.4, 0.5) is 28.7 Å². The number of carbonyl (C=O) groups excluding carboxylic acids is 1. The molecular formula is C21H22BrN5O2. The number of esters is 1. The van der Waals surface area contributed by atoms with Crippen LogP contribution in [-0.4, -0.2) is 22.5 Å². The molecule has 0 radical (unpaired) electrons. The van der Waals surface area contributed by atoms with Crippen molar-refractivity contribution in [2.24, 2.45) is 5.92 Å². The first kappa shape index (κ1) is 20.6. The Kier molecular flexibility index (Phi) is 6.66. The topological polar surface area (TPSA) is 102 Å². The van der Waals surface area contributed by atoms with E-state index in [0.717, 1.165) is 15.8 Å². The molecule has 0 fully saturated rings. The Balaban J connectivity index is 1.70. The van der Waals surface area contributed by atoms with Gasteiger partial charge in [-0.05, 0) is 54.4 Å². The van der Waals surface area contributed by atoms with Gasteiger partial charge in [0.25, 0.3) is 0 Å². The number of hydrogen-bond donors (Lipinski definition) is 3. The van der Waals surface area contributed by atoms with E-state index in [9.17, 15) is 4.79 Å². The lowest BCUT2D eigenvalue weighted by Gasteiger charge is -2.13. The zero-order valence-corrected chi connectivity index (χ0v) is 17.7. The summed E-state index contributed by atoms with van der Waals surface area (Å²) in [6.45, 7) is 4.38. The van der Waals surface area contributed by atoms with Crippen LogP contribution in [0.15, 0.2) is 59.3 Å². The van der Waals surface area contributed by atoms with Gasteiger partial charge in [0.15, 0.2) is 11.6 Å². The summed E-state index contributed by atoms with van der Waals surface area (Å²) in [7, 11) is 0. The Hall–Kier alpha value is -3.13. The minimum Gasteiger partial charge on any atom is -0.462 e. The van der Waals surface area contributed by atoms with E-state index >= 15 is 0 Å². The number of nitrogens with zero attached hydrogens (tertiary/aromatic N) is 2. The summed E-state index contributed by atoms with van der Waals surface area (Å²) < 4.78 is 6.22. The summed E-state index contributed by atoms with van der Waals surface area (Å²) in [6, 6.07) is 14.6. The monoisotopic (exact) mass is 455 g/mol. The fraction of sp³-hybridized carbons (Fsp3) is 0.190. The molecule has 0 aliphatic heterocycles. The van der Waals surface area contributed by atoms with Gasteiger partial charge in [0.1, 0.15) is 12.0 Å². The molecule has 1 heterocycles. The van der Waals surface area contributed by atoms with Crippen LogP contribution in [0.1, 0.15) is 24.2 Å². The van der Waals surface area contributed by atoms with Crippen LogP contribution in [0.25, 0.3) is 0 Å². The second-order valence-corrected chi connectivity index (χ2v) is 7.73. The fourth-order valence-electron chi connectivity index (χ4n) is 2.42. The van der Waals surface area contributed by atoms with Crippen molar-refractivity contribution in [3.63, 3.8) is 0 Å². The molecule has 0 unspecified atom stereocenters. The molecule has 150 valence electrons. The molecule has 2 aromatic carbocycles. The van der Waals surface area contributed by atoms with Gasteiger partial charge in [0.2, 0.25) is 0 Å². The summed E-state index contributed by atoms with van der Waals surface area (Å²) in [6.07, 6.45) is 1.43. The number of ether oxygens (including phenoxy) is 1. The predicted octanol–water partition coefficient (Wildman–Crippen LogP) is 5.12. The summed E-state index contributed by atoms with van der Waals surface area (Å²) in [4.78, 5) is 20.4. The molecular weight excluding hydrogens is 434 g/mol. The lowest BCUT2D eigenvalue weighted by atomic mass is 10.2. The molecule has 0 atom stereocenters. The molecule has 0 aliphatic rings. The average molecular weight is 456 g/mol. The van der Waals surface area contributed by atoms with E-state index in [1.807, 2.05) is 38.1 Å². The SMILES string of the molecule is CC(C)COC(=O)c1ccc(Nc2ncnc(Nc3ccc(Br)cc3)c2N)cc1. The van der Waals surface area contributed by atoms with Crippen LogP contribution in [0.5, 0.6) is 0 Å². The number of nitrogens with two attached hydrogens (primary N) is 1. The number of rotatable bonds is 7. The van der Waals surface area contributed by atoms with Gasteiger partial charge in [-0.25, -0.2) is 14.8 Å². The summed E-state index contributed by atoms with van der Waals surface area (Å²) in [5.41, 5.74) is 8.69. The Morgan fingerprint density at radius 1 is 1.00 bits per heavy atom. The van der Waals surface area contributed by atoms with Gasteiger partial charge in [-0.2, -0.15) is 0 Å². The fourth-order valence-corrected chi connectivity index (χ4v) is 2.68. The standard InChI is InChI=1S/C21H22BrN5O2/c1-13(2)11-29-21(28)14-3-7-16(8-4-14)26-19-18(23)20(25-12-24-19)27-17-9-5-15(22)6-10-17/h3-10,12-13H,11,23H2,1-2H3,(H2,24,25,26,27).